The van der Waals surface area contributed by atoms with E-state index in [2.05, 4.69) is 5.32 Å². The number of halogens is 2. The van der Waals surface area contributed by atoms with Crippen LogP contribution in [0.1, 0.15) is 25.6 Å². The van der Waals surface area contributed by atoms with Gasteiger partial charge in [-0.25, -0.2) is 9.18 Å². The topological polar surface area (TPSA) is 66.4 Å². The van der Waals surface area contributed by atoms with Gasteiger partial charge in [-0.1, -0.05) is 17.7 Å². The third-order valence-electron chi connectivity index (χ3n) is 2.58. The van der Waals surface area contributed by atoms with Crippen LogP contribution in [0, 0.1) is 12.7 Å². The average molecular weight is 314 g/mol. The van der Waals surface area contributed by atoms with E-state index in [1.165, 1.54) is 12.1 Å². The number of carbonyl (C=O) groups is 2. The van der Waals surface area contributed by atoms with Crippen LogP contribution in [0.2, 0.25) is 5.02 Å². The van der Waals surface area contributed by atoms with Crippen molar-refractivity contribution in [2.24, 2.45) is 0 Å². The molecule has 1 amide bonds. The Morgan fingerprint density at radius 3 is 2.65 bits per heavy atom. The molecule has 0 fully saturated rings. The highest BCUT2D eigenvalue weighted by Gasteiger charge is 2.20. The van der Waals surface area contributed by atoms with Crippen LogP contribution in [-0.2, 0) is 0 Å². The molecule has 0 unspecified atom stereocenters. The minimum absolute atomic E-state index is 0.107. The van der Waals surface area contributed by atoms with Crippen LogP contribution in [0.25, 0.3) is 0 Å². The number of thiophene rings is 1. The van der Waals surface area contributed by atoms with Crippen molar-refractivity contribution in [1.82, 2.24) is 0 Å². The number of nitrogens with one attached hydrogen (secondary N) is 1. The molecule has 0 saturated carbocycles. The molecule has 4 nitrogen and oxygen atoms in total. The van der Waals surface area contributed by atoms with Crippen LogP contribution in [0.15, 0.2) is 23.6 Å². The minimum atomic E-state index is -1.45. The molecule has 2 N–H and O–H groups in total. The highest BCUT2D eigenvalue weighted by atomic mass is 35.5. The number of carboxylic acids is 1. The molecule has 20 heavy (non-hydrogen) atoms. The first-order valence-corrected chi connectivity index (χ1v) is 6.74. The maximum Gasteiger partial charge on any atom is 0.340 e. The van der Waals surface area contributed by atoms with Gasteiger partial charge >= 0.3 is 5.97 Å². The van der Waals surface area contributed by atoms with E-state index in [1.54, 1.807) is 12.3 Å². The van der Waals surface area contributed by atoms with Crippen LogP contribution in [0.4, 0.5) is 10.1 Å². The summed E-state index contributed by atoms with van der Waals surface area (Å²) in [7, 11) is 0. The second kappa shape index (κ2) is 5.60. The van der Waals surface area contributed by atoms with Gasteiger partial charge in [0.2, 0.25) is 0 Å². The number of benzene rings is 1. The van der Waals surface area contributed by atoms with Crippen molar-refractivity contribution < 1.29 is 19.1 Å². The van der Waals surface area contributed by atoms with Crippen molar-refractivity contribution >= 4 is 40.5 Å². The Morgan fingerprint density at radius 1 is 1.40 bits per heavy atom. The smallest absolute Gasteiger partial charge is 0.340 e. The summed E-state index contributed by atoms with van der Waals surface area (Å²) >= 11 is 7.10. The monoisotopic (exact) mass is 313 g/mol. The van der Waals surface area contributed by atoms with Crippen LogP contribution in [0.5, 0.6) is 0 Å². The van der Waals surface area contributed by atoms with Gasteiger partial charge in [0, 0.05) is 0 Å². The van der Waals surface area contributed by atoms with E-state index in [0.29, 0.717) is 5.02 Å². The van der Waals surface area contributed by atoms with Crippen LogP contribution in [-0.4, -0.2) is 17.0 Å². The third kappa shape index (κ3) is 2.66. The third-order valence-corrected chi connectivity index (χ3v) is 4.28. The lowest BCUT2D eigenvalue weighted by molar-refractivity contribution is 0.0693. The maximum absolute atomic E-state index is 13.5. The standard InChI is InChI=1S/C13H9ClFNO3S/c1-6-5-20-11(10(6)14)12(17)16-8-4-2-3-7(15)9(8)13(18)19/h2-5H,1H3,(H,16,17)(H,18,19). The molecule has 0 spiro atoms. The molecule has 0 aliphatic rings. The van der Waals surface area contributed by atoms with E-state index in [4.69, 9.17) is 16.7 Å². The van der Waals surface area contributed by atoms with E-state index in [1.807, 2.05) is 0 Å². The summed E-state index contributed by atoms with van der Waals surface area (Å²) in [4.78, 5) is 23.3. The van der Waals surface area contributed by atoms with Crippen LogP contribution < -0.4 is 5.32 Å². The summed E-state index contributed by atoms with van der Waals surface area (Å²) in [6.07, 6.45) is 0. The molecule has 1 heterocycles. The molecular formula is C13H9ClFNO3S. The van der Waals surface area contributed by atoms with Gasteiger partial charge in [-0.2, -0.15) is 0 Å². The number of amides is 1. The second-order valence-electron chi connectivity index (χ2n) is 3.98. The highest BCUT2D eigenvalue weighted by Crippen LogP contribution is 2.28. The first kappa shape index (κ1) is 14.5. The van der Waals surface area contributed by atoms with E-state index in [9.17, 15) is 14.0 Å². The van der Waals surface area contributed by atoms with Gasteiger partial charge in [0.05, 0.1) is 10.7 Å². The number of hydrogen-bond donors (Lipinski definition) is 2. The molecule has 7 heteroatoms. The summed E-state index contributed by atoms with van der Waals surface area (Å²) in [5, 5.41) is 13.4. The molecule has 0 bridgehead atoms. The molecule has 0 aliphatic carbocycles. The summed E-state index contributed by atoms with van der Waals surface area (Å²) in [5.74, 6) is -2.93. The minimum Gasteiger partial charge on any atom is -0.478 e. The van der Waals surface area contributed by atoms with Crippen LogP contribution >= 0.6 is 22.9 Å². The van der Waals surface area contributed by atoms with Crippen molar-refractivity contribution in [3.63, 3.8) is 0 Å². The molecule has 0 saturated heterocycles. The average Bonchev–Trinajstić information content (AvgIpc) is 2.69. The largest absolute Gasteiger partial charge is 0.478 e. The molecule has 1 aromatic carbocycles. The predicted molar refractivity (Wildman–Crippen MR) is 75.4 cm³/mol. The molecular weight excluding hydrogens is 305 g/mol. The normalized spacial score (nSPS) is 10.3. The van der Waals surface area contributed by atoms with Crippen molar-refractivity contribution in [1.29, 1.82) is 0 Å². The predicted octanol–water partition coefficient (Wildman–Crippen LogP) is 3.80. The first-order valence-electron chi connectivity index (χ1n) is 5.48. The zero-order valence-electron chi connectivity index (χ0n) is 10.2. The van der Waals surface area contributed by atoms with E-state index < -0.39 is 23.3 Å². The van der Waals surface area contributed by atoms with Crippen molar-refractivity contribution in [3.05, 3.63) is 50.4 Å². The molecule has 0 radical (unpaired) electrons. The summed E-state index contributed by atoms with van der Waals surface area (Å²) in [6.45, 7) is 1.75. The first-order chi connectivity index (χ1) is 9.41. The van der Waals surface area contributed by atoms with Gasteiger partial charge in [-0.3, -0.25) is 4.79 Å². The fraction of sp³-hybridized carbons (Fsp3) is 0.0769. The van der Waals surface area contributed by atoms with Crippen molar-refractivity contribution in [2.75, 3.05) is 5.32 Å². The second-order valence-corrected chi connectivity index (χ2v) is 5.24. The fourth-order valence-electron chi connectivity index (χ4n) is 1.61. The fourth-order valence-corrected chi connectivity index (χ4v) is 2.78. The number of rotatable bonds is 3. The number of carbonyl (C=O) groups excluding carboxylic acids is 1. The Kier molecular flexibility index (Phi) is 4.06. The van der Waals surface area contributed by atoms with Crippen LogP contribution in [0.3, 0.4) is 0 Å². The number of aryl methyl sites for hydroxylation is 1. The molecule has 2 aromatic rings. The van der Waals surface area contributed by atoms with Crippen molar-refractivity contribution in [3.8, 4) is 0 Å². The number of aromatic carboxylic acids is 1. The molecule has 0 aliphatic heterocycles. The zero-order chi connectivity index (χ0) is 14.9. The van der Waals surface area contributed by atoms with Gasteiger partial charge < -0.3 is 10.4 Å². The van der Waals surface area contributed by atoms with E-state index in [-0.39, 0.29) is 10.6 Å². The maximum atomic E-state index is 13.5. The number of hydrogen-bond acceptors (Lipinski definition) is 3. The molecule has 0 atom stereocenters. The Bertz CT molecular complexity index is 699. The zero-order valence-corrected chi connectivity index (χ0v) is 11.8. The SMILES string of the molecule is Cc1csc(C(=O)Nc2cccc(F)c2C(=O)O)c1Cl. The molecule has 2 rings (SSSR count). The number of carboxylic acid groups (broad SMARTS) is 1. The lowest BCUT2D eigenvalue weighted by atomic mass is 10.1. The summed E-state index contributed by atoms with van der Waals surface area (Å²) < 4.78 is 13.5. The number of anilines is 1. The van der Waals surface area contributed by atoms with Gasteiger partial charge in [0.1, 0.15) is 16.3 Å². The van der Waals surface area contributed by atoms with Gasteiger partial charge in [0.25, 0.3) is 5.91 Å². The van der Waals surface area contributed by atoms with Gasteiger partial charge in [0.15, 0.2) is 0 Å². The Balaban J connectivity index is 2.36. The Hall–Kier alpha value is -1.92. The van der Waals surface area contributed by atoms with Gasteiger partial charge in [-0.15, -0.1) is 11.3 Å². The summed E-state index contributed by atoms with van der Waals surface area (Å²) in [6, 6.07) is 3.65. The molecule has 1 aromatic heterocycles. The van der Waals surface area contributed by atoms with E-state index in [0.717, 1.165) is 23.0 Å². The molecule has 104 valence electrons. The Labute approximate surface area is 122 Å². The van der Waals surface area contributed by atoms with Crippen molar-refractivity contribution in [2.45, 2.75) is 6.92 Å². The Morgan fingerprint density at radius 2 is 2.10 bits per heavy atom. The summed E-state index contributed by atoms with van der Waals surface area (Å²) in [5.41, 5.74) is 0.0642. The quantitative estimate of drug-likeness (QED) is 0.905. The lowest BCUT2D eigenvalue weighted by Crippen LogP contribution is -2.15. The highest BCUT2D eigenvalue weighted by molar-refractivity contribution is 7.13. The lowest BCUT2D eigenvalue weighted by Gasteiger charge is -2.08. The van der Waals surface area contributed by atoms with Gasteiger partial charge in [-0.05, 0) is 30.0 Å². The van der Waals surface area contributed by atoms with E-state index >= 15 is 0 Å².